The van der Waals surface area contributed by atoms with E-state index in [9.17, 15) is 0 Å². The molecule has 0 fully saturated rings. The monoisotopic (exact) mass is 229 g/mol. The van der Waals surface area contributed by atoms with Gasteiger partial charge in [0.25, 0.3) is 0 Å². The van der Waals surface area contributed by atoms with Crippen LogP contribution in [0.1, 0.15) is 26.0 Å². The Balaban J connectivity index is 2.30. The zero-order valence-corrected chi connectivity index (χ0v) is 10.5. The number of nitrogens with zero attached hydrogens (tertiary/aromatic N) is 2. The number of alkyl halides is 1. The van der Waals surface area contributed by atoms with Crippen molar-refractivity contribution < 1.29 is 0 Å². The van der Waals surface area contributed by atoms with Crippen LogP contribution < -0.4 is 5.32 Å². The summed E-state index contributed by atoms with van der Waals surface area (Å²) in [5.74, 6) is 0.700. The summed E-state index contributed by atoms with van der Waals surface area (Å²) >= 11 is 5.74. The van der Waals surface area contributed by atoms with Crippen LogP contribution in [0.15, 0.2) is 12.3 Å². The van der Waals surface area contributed by atoms with Gasteiger partial charge >= 0.3 is 0 Å². The molecule has 0 amide bonds. The first-order valence-corrected chi connectivity index (χ1v) is 5.86. The molecule has 0 bridgehead atoms. The molecule has 86 valence electrons. The second kappa shape index (κ2) is 5.52. The molecule has 0 aromatic carbocycles. The van der Waals surface area contributed by atoms with Crippen LogP contribution in [0.5, 0.6) is 0 Å². The number of aryl methyl sites for hydroxylation is 1. The molecule has 0 unspecified atom stereocenters. The number of hydrogen-bond acceptors (Lipinski definition) is 2. The zero-order chi connectivity index (χ0) is 11.3. The maximum absolute atomic E-state index is 5.74. The van der Waals surface area contributed by atoms with Gasteiger partial charge in [-0.2, -0.15) is 5.10 Å². The molecule has 0 aliphatic rings. The van der Waals surface area contributed by atoms with Crippen LogP contribution in [0, 0.1) is 0 Å². The topological polar surface area (TPSA) is 29.9 Å². The average Bonchev–Trinajstić information content (AvgIpc) is 2.51. The van der Waals surface area contributed by atoms with Gasteiger partial charge in [-0.05, 0) is 26.3 Å². The first kappa shape index (κ1) is 12.5. The normalized spacial score (nSPS) is 12.0. The van der Waals surface area contributed by atoms with Gasteiger partial charge in [0.1, 0.15) is 0 Å². The van der Waals surface area contributed by atoms with E-state index in [1.54, 1.807) is 0 Å². The van der Waals surface area contributed by atoms with E-state index in [0.29, 0.717) is 5.88 Å². The molecule has 0 aliphatic carbocycles. The van der Waals surface area contributed by atoms with Gasteiger partial charge in [0.2, 0.25) is 0 Å². The molecule has 0 atom stereocenters. The van der Waals surface area contributed by atoms with Crippen molar-refractivity contribution in [2.24, 2.45) is 7.05 Å². The van der Waals surface area contributed by atoms with E-state index in [1.165, 1.54) is 5.69 Å². The highest BCUT2D eigenvalue weighted by molar-refractivity contribution is 6.17. The quantitative estimate of drug-likeness (QED) is 0.756. The molecule has 0 aliphatic heterocycles. The highest BCUT2D eigenvalue weighted by atomic mass is 35.5. The Morgan fingerprint density at radius 1 is 1.53 bits per heavy atom. The second-order valence-electron chi connectivity index (χ2n) is 4.45. The van der Waals surface area contributed by atoms with Gasteiger partial charge in [-0.3, -0.25) is 4.68 Å². The summed E-state index contributed by atoms with van der Waals surface area (Å²) in [5.41, 5.74) is 1.38. The third kappa shape index (κ3) is 4.22. The van der Waals surface area contributed by atoms with E-state index in [1.807, 2.05) is 17.9 Å². The summed E-state index contributed by atoms with van der Waals surface area (Å²) in [6.45, 7) is 5.32. The Bertz CT molecular complexity index is 294. The number of aromatic nitrogens is 2. The van der Waals surface area contributed by atoms with Gasteiger partial charge in [-0.15, -0.1) is 11.6 Å². The first-order chi connectivity index (χ1) is 7.05. The Labute approximate surface area is 96.8 Å². The van der Waals surface area contributed by atoms with E-state index in [4.69, 9.17) is 11.6 Å². The van der Waals surface area contributed by atoms with E-state index >= 15 is 0 Å². The summed E-state index contributed by atoms with van der Waals surface area (Å²) in [6, 6.07) is 2.05. The van der Waals surface area contributed by atoms with Crippen LogP contribution in [0.4, 0.5) is 0 Å². The summed E-state index contributed by atoms with van der Waals surface area (Å²) in [7, 11) is 1.97. The van der Waals surface area contributed by atoms with Crippen molar-refractivity contribution in [2.45, 2.75) is 32.2 Å². The standard InChI is InChI=1S/C11H20ClN3/c1-11(2,6-7-12)13-8-4-10-5-9-14-15(10)3/h5,9,13H,4,6-8H2,1-3H3. The molecule has 1 aromatic heterocycles. The van der Waals surface area contributed by atoms with Gasteiger partial charge in [0.05, 0.1) is 0 Å². The van der Waals surface area contributed by atoms with Crippen molar-refractivity contribution in [3.8, 4) is 0 Å². The molecule has 0 saturated heterocycles. The lowest BCUT2D eigenvalue weighted by Crippen LogP contribution is -2.40. The van der Waals surface area contributed by atoms with Gasteiger partial charge in [-0.1, -0.05) is 0 Å². The largest absolute Gasteiger partial charge is 0.311 e. The van der Waals surface area contributed by atoms with Crippen LogP contribution in [0.3, 0.4) is 0 Å². The maximum Gasteiger partial charge on any atom is 0.0492 e. The van der Waals surface area contributed by atoms with Gasteiger partial charge < -0.3 is 5.32 Å². The highest BCUT2D eigenvalue weighted by Crippen LogP contribution is 2.09. The predicted molar refractivity (Wildman–Crippen MR) is 64.3 cm³/mol. The van der Waals surface area contributed by atoms with Crippen LogP contribution in [-0.2, 0) is 13.5 Å². The predicted octanol–water partition coefficient (Wildman–Crippen LogP) is 1.96. The van der Waals surface area contributed by atoms with Gasteiger partial charge in [0, 0.05) is 43.3 Å². The molecule has 15 heavy (non-hydrogen) atoms. The molecular weight excluding hydrogens is 210 g/mol. The lowest BCUT2D eigenvalue weighted by Gasteiger charge is -2.25. The van der Waals surface area contributed by atoms with Crippen molar-refractivity contribution in [1.29, 1.82) is 0 Å². The van der Waals surface area contributed by atoms with Crippen LogP contribution in [0.2, 0.25) is 0 Å². The third-order valence-electron chi connectivity index (χ3n) is 2.63. The smallest absolute Gasteiger partial charge is 0.0492 e. The minimum Gasteiger partial charge on any atom is -0.311 e. The van der Waals surface area contributed by atoms with E-state index < -0.39 is 0 Å². The number of rotatable bonds is 6. The number of nitrogens with one attached hydrogen (secondary N) is 1. The summed E-state index contributed by atoms with van der Waals surface area (Å²) in [5, 5.41) is 7.64. The summed E-state index contributed by atoms with van der Waals surface area (Å²) < 4.78 is 1.91. The van der Waals surface area contributed by atoms with Gasteiger partial charge in [0.15, 0.2) is 0 Å². The Kier molecular flexibility index (Phi) is 4.61. The van der Waals surface area contributed by atoms with Crippen molar-refractivity contribution in [3.63, 3.8) is 0 Å². The van der Waals surface area contributed by atoms with Crippen LogP contribution in [0.25, 0.3) is 0 Å². The SMILES string of the molecule is Cn1nccc1CCNC(C)(C)CCCl. The third-order valence-corrected chi connectivity index (χ3v) is 2.82. The molecule has 3 nitrogen and oxygen atoms in total. The van der Waals surface area contributed by atoms with Crippen molar-refractivity contribution >= 4 is 11.6 Å². The molecule has 1 rings (SSSR count). The first-order valence-electron chi connectivity index (χ1n) is 5.33. The van der Waals surface area contributed by atoms with E-state index in [0.717, 1.165) is 19.4 Å². The fraction of sp³-hybridized carbons (Fsp3) is 0.727. The fourth-order valence-corrected chi connectivity index (χ4v) is 1.97. The minimum atomic E-state index is 0.125. The van der Waals surface area contributed by atoms with Crippen molar-refractivity contribution in [1.82, 2.24) is 15.1 Å². The molecule has 4 heteroatoms. The van der Waals surface area contributed by atoms with Gasteiger partial charge in [-0.25, -0.2) is 0 Å². The number of hydrogen-bond donors (Lipinski definition) is 1. The van der Waals surface area contributed by atoms with Crippen LogP contribution >= 0.6 is 11.6 Å². The Morgan fingerprint density at radius 2 is 2.27 bits per heavy atom. The highest BCUT2D eigenvalue weighted by Gasteiger charge is 2.15. The molecule has 1 N–H and O–H groups in total. The van der Waals surface area contributed by atoms with E-state index in [-0.39, 0.29) is 5.54 Å². The van der Waals surface area contributed by atoms with Crippen molar-refractivity contribution in [2.75, 3.05) is 12.4 Å². The second-order valence-corrected chi connectivity index (χ2v) is 4.82. The fourth-order valence-electron chi connectivity index (χ4n) is 1.50. The summed E-state index contributed by atoms with van der Waals surface area (Å²) in [4.78, 5) is 0. The zero-order valence-electron chi connectivity index (χ0n) is 9.76. The maximum atomic E-state index is 5.74. The van der Waals surface area contributed by atoms with Crippen LogP contribution in [-0.4, -0.2) is 27.7 Å². The lowest BCUT2D eigenvalue weighted by molar-refractivity contribution is 0.379. The average molecular weight is 230 g/mol. The van der Waals surface area contributed by atoms with Crippen molar-refractivity contribution in [3.05, 3.63) is 18.0 Å². The summed E-state index contributed by atoms with van der Waals surface area (Å²) in [6.07, 6.45) is 3.82. The number of halogens is 1. The molecule has 1 heterocycles. The Hall–Kier alpha value is -0.540. The molecule has 0 saturated carbocycles. The Morgan fingerprint density at radius 3 is 2.80 bits per heavy atom. The minimum absolute atomic E-state index is 0.125. The lowest BCUT2D eigenvalue weighted by atomic mass is 10.0. The molecule has 0 spiro atoms. The van der Waals surface area contributed by atoms with E-state index in [2.05, 4.69) is 30.3 Å². The molecule has 0 radical (unpaired) electrons. The molecular formula is C11H20ClN3. The molecule has 1 aromatic rings.